The van der Waals surface area contributed by atoms with Crippen LogP contribution in [0.5, 0.6) is 5.75 Å². The van der Waals surface area contributed by atoms with E-state index in [1.807, 2.05) is 4.72 Å². The summed E-state index contributed by atoms with van der Waals surface area (Å²) in [6, 6.07) is 5.69. The molecule has 8 heteroatoms. The number of aromatic hydroxyl groups is 1. The number of carbonyl (C=O) groups excluding carboxylic acids is 1. The first-order valence-electron chi connectivity index (χ1n) is 4.11. The summed E-state index contributed by atoms with van der Waals surface area (Å²) < 4.78 is 30.2. The zero-order valence-electron chi connectivity index (χ0n) is 8.30. The molecule has 1 aromatic carbocycles. The quantitative estimate of drug-likeness (QED) is 0.670. The zero-order valence-corrected chi connectivity index (χ0v) is 9.11. The van der Waals surface area contributed by atoms with E-state index in [1.54, 1.807) is 4.72 Å². The van der Waals surface area contributed by atoms with Crippen molar-refractivity contribution in [1.29, 1.82) is 0 Å². The molecule has 7 nitrogen and oxygen atoms in total. The predicted octanol–water partition coefficient (Wildman–Crippen LogP) is 0.405. The summed E-state index contributed by atoms with van der Waals surface area (Å²) in [5.41, 5.74) is -0.0427. The Hall–Kier alpha value is -1.96. The van der Waals surface area contributed by atoms with Gasteiger partial charge in [0.05, 0.1) is 12.8 Å². The van der Waals surface area contributed by atoms with Crippen molar-refractivity contribution in [3.63, 3.8) is 0 Å². The molecule has 0 aliphatic heterocycles. The van der Waals surface area contributed by atoms with Gasteiger partial charge in [-0.3, -0.25) is 4.72 Å². The Balaban J connectivity index is 2.81. The van der Waals surface area contributed by atoms with Gasteiger partial charge in [-0.2, -0.15) is 8.42 Å². The fourth-order valence-corrected chi connectivity index (χ4v) is 1.70. The van der Waals surface area contributed by atoms with E-state index in [0.717, 1.165) is 7.11 Å². The average molecular weight is 246 g/mol. The molecule has 0 unspecified atom stereocenters. The highest BCUT2D eigenvalue weighted by atomic mass is 32.2. The molecule has 0 bridgehead atoms. The molecule has 1 aromatic rings. The van der Waals surface area contributed by atoms with Gasteiger partial charge in [-0.15, -0.1) is 0 Å². The molecule has 16 heavy (non-hydrogen) atoms. The maximum atomic E-state index is 11.3. The van der Waals surface area contributed by atoms with Crippen LogP contribution in [-0.2, 0) is 14.9 Å². The van der Waals surface area contributed by atoms with Crippen molar-refractivity contribution in [1.82, 2.24) is 4.72 Å². The number of anilines is 1. The van der Waals surface area contributed by atoms with E-state index >= 15 is 0 Å². The van der Waals surface area contributed by atoms with Crippen LogP contribution in [0.3, 0.4) is 0 Å². The largest absolute Gasteiger partial charge is 0.506 e. The number of carbonyl (C=O) groups is 1. The second-order valence-electron chi connectivity index (χ2n) is 2.72. The normalized spacial score (nSPS) is 10.6. The Morgan fingerprint density at radius 2 is 2.00 bits per heavy atom. The SMILES string of the molecule is COC(=O)NS(=O)(=O)Nc1ccccc1O. The van der Waals surface area contributed by atoms with Crippen LogP contribution in [0.15, 0.2) is 24.3 Å². The molecule has 0 aliphatic carbocycles. The Bertz CT molecular complexity index is 485. The molecule has 1 rings (SSSR count). The summed E-state index contributed by atoms with van der Waals surface area (Å²) in [7, 11) is -3.07. The number of ether oxygens (including phenoxy) is 1. The van der Waals surface area contributed by atoms with Crippen LogP contribution < -0.4 is 9.44 Å². The van der Waals surface area contributed by atoms with E-state index in [-0.39, 0.29) is 11.4 Å². The van der Waals surface area contributed by atoms with Crippen molar-refractivity contribution in [3.05, 3.63) is 24.3 Å². The third kappa shape index (κ3) is 3.31. The highest BCUT2D eigenvalue weighted by Crippen LogP contribution is 2.22. The smallest absolute Gasteiger partial charge is 0.422 e. The monoisotopic (exact) mass is 246 g/mol. The van der Waals surface area contributed by atoms with Gasteiger partial charge < -0.3 is 9.84 Å². The summed E-state index contributed by atoms with van der Waals surface area (Å²) in [4.78, 5) is 10.7. The maximum absolute atomic E-state index is 11.3. The topological polar surface area (TPSA) is 105 Å². The number of nitrogens with one attached hydrogen (secondary N) is 2. The molecule has 0 spiro atoms. The third-order valence-electron chi connectivity index (χ3n) is 1.55. The van der Waals surface area contributed by atoms with Gasteiger partial charge in [0.25, 0.3) is 0 Å². The molecule has 3 N–H and O–H groups in total. The summed E-state index contributed by atoms with van der Waals surface area (Å²) in [6.45, 7) is 0. The van der Waals surface area contributed by atoms with Crippen LogP contribution in [0, 0.1) is 0 Å². The van der Waals surface area contributed by atoms with Crippen LogP contribution in [0.2, 0.25) is 0 Å². The highest BCUT2D eigenvalue weighted by Gasteiger charge is 2.15. The van der Waals surface area contributed by atoms with Gasteiger partial charge in [-0.25, -0.2) is 9.52 Å². The van der Waals surface area contributed by atoms with Crippen molar-refractivity contribution in [2.45, 2.75) is 0 Å². The summed E-state index contributed by atoms with van der Waals surface area (Å²) in [6.07, 6.45) is -1.12. The minimum absolute atomic E-state index is 0.0427. The van der Waals surface area contributed by atoms with Gasteiger partial charge in [0.2, 0.25) is 0 Å². The van der Waals surface area contributed by atoms with E-state index in [0.29, 0.717) is 0 Å². The van der Waals surface area contributed by atoms with Crippen LogP contribution >= 0.6 is 0 Å². The lowest BCUT2D eigenvalue weighted by Gasteiger charge is -2.09. The minimum atomic E-state index is -4.10. The maximum Gasteiger partial charge on any atom is 0.422 e. The first-order chi connectivity index (χ1) is 7.44. The molecule has 0 saturated heterocycles. The molecular formula is C8H10N2O5S. The zero-order chi connectivity index (χ0) is 12.2. The molecule has 0 aromatic heterocycles. The van der Waals surface area contributed by atoms with Gasteiger partial charge in [-0.05, 0) is 12.1 Å². The van der Waals surface area contributed by atoms with Crippen molar-refractivity contribution in [3.8, 4) is 5.75 Å². The van der Waals surface area contributed by atoms with Crippen molar-refractivity contribution >= 4 is 22.0 Å². The highest BCUT2D eigenvalue weighted by molar-refractivity contribution is 7.91. The standard InChI is InChI=1S/C8H10N2O5S/c1-15-8(12)10-16(13,14)9-6-4-2-3-5-7(6)11/h2-5,9,11H,1H3,(H,10,12). The van der Waals surface area contributed by atoms with E-state index in [2.05, 4.69) is 4.74 Å². The number of amides is 1. The van der Waals surface area contributed by atoms with Crippen LogP contribution in [0.25, 0.3) is 0 Å². The van der Waals surface area contributed by atoms with Gasteiger partial charge in [0, 0.05) is 0 Å². The van der Waals surface area contributed by atoms with Crippen LogP contribution in [0.4, 0.5) is 10.5 Å². The van der Waals surface area contributed by atoms with Gasteiger partial charge >= 0.3 is 16.3 Å². The van der Waals surface area contributed by atoms with Gasteiger partial charge in [-0.1, -0.05) is 12.1 Å². The van der Waals surface area contributed by atoms with E-state index in [1.165, 1.54) is 24.3 Å². The number of para-hydroxylation sites is 2. The second-order valence-corrected chi connectivity index (χ2v) is 4.13. The molecular weight excluding hydrogens is 236 g/mol. The molecule has 0 saturated carbocycles. The molecule has 0 atom stereocenters. The van der Waals surface area contributed by atoms with Crippen LogP contribution in [0.1, 0.15) is 0 Å². The number of hydrogen-bond acceptors (Lipinski definition) is 5. The third-order valence-corrected chi connectivity index (χ3v) is 2.48. The number of phenols is 1. The summed E-state index contributed by atoms with van der Waals surface area (Å²) in [5, 5.41) is 9.29. The Kier molecular flexibility index (Phi) is 3.56. The van der Waals surface area contributed by atoms with Crippen LogP contribution in [-0.4, -0.2) is 26.7 Å². The number of methoxy groups -OCH3 is 1. The number of benzene rings is 1. The Labute approximate surface area is 92.2 Å². The Morgan fingerprint density at radius 1 is 1.38 bits per heavy atom. The molecule has 0 radical (unpaired) electrons. The number of hydrogen-bond donors (Lipinski definition) is 3. The predicted molar refractivity (Wildman–Crippen MR) is 56.2 cm³/mol. The second kappa shape index (κ2) is 4.71. The minimum Gasteiger partial charge on any atom is -0.506 e. The summed E-state index contributed by atoms with van der Waals surface area (Å²) >= 11 is 0. The fraction of sp³-hybridized carbons (Fsp3) is 0.125. The fourth-order valence-electron chi connectivity index (χ4n) is 0.882. The van der Waals surface area contributed by atoms with E-state index in [9.17, 15) is 18.3 Å². The van der Waals surface area contributed by atoms with Gasteiger partial charge in [0.1, 0.15) is 5.75 Å². The van der Waals surface area contributed by atoms with Crippen molar-refractivity contribution in [2.75, 3.05) is 11.8 Å². The molecule has 88 valence electrons. The molecule has 1 amide bonds. The van der Waals surface area contributed by atoms with E-state index < -0.39 is 16.3 Å². The summed E-state index contributed by atoms with van der Waals surface area (Å²) in [5.74, 6) is -0.252. The van der Waals surface area contributed by atoms with Gasteiger partial charge in [0.15, 0.2) is 0 Å². The Morgan fingerprint density at radius 3 is 2.56 bits per heavy atom. The molecule has 0 aliphatic rings. The van der Waals surface area contributed by atoms with Crippen molar-refractivity contribution < 1.29 is 23.1 Å². The van der Waals surface area contributed by atoms with E-state index in [4.69, 9.17) is 0 Å². The molecule has 0 heterocycles. The lowest BCUT2D eigenvalue weighted by Crippen LogP contribution is -2.35. The average Bonchev–Trinajstić information content (AvgIpc) is 2.20. The number of rotatable bonds is 3. The number of phenolic OH excluding ortho intramolecular Hbond substituents is 1. The lowest BCUT2D eigenvalue weighted by molar-refractivity contribution is 0.177. The first-order valence-corrected chi connectivity index (χ1v) is 5.59. The lowest BCUT2D eigenvalue weighted by atomic mass is 10.3. The van der Waals surface area contributed by atoms with Crippen molar-refractivity contribution in [2.24, 2.45) is 0 Å². The first kappa shape index (κ1) is 12.1. The molecule has 0 fully saturated rings.